The average Bonchev–Trinajstić information content (AvgIpc) is 2.62. The number of amides is 1. The lowest BCUT2D eigenvalue weighted by molar-refractivity contribution is -0.139. The Labute approximate surface area is 146 Å². The number of carboxylic acid groups (broad SMARTS) is 1. The summed E-state index contributed by atoms with van der Waals surface area (Å²) >= 11 is 0. The van der Waals surface area contributed by atoms with Crippen LogP contribution in [0, 0.1) is 0 Å². The van der Waals surface area contributed by atoms with Gasteiger partial charge in [0.1, 0.15) is 12.4 Å². The number of carbonyl (C=O) groups is 2. The van der Waals surface area contributed by atoms with E-state index in [0.29, 0.717) is 25.3 Å². The van der Waals surface area contributed by atoms with Crippen molar-refractivity contribution in [2.75, 3.05) is 19.8 Å². The van der Waals surface area contributed by atoms with E-state index < -0.39 is 5.97 Å². The SMILES string of the molecule is O=C(O)COc1ccc(CCNC(=O)COCc2ccccc2)cc1. The molecular formula is C19H21NO5. The molecule has 0 unspecified atom stereocenters. The molecule has 0 heterocycles. The first-order chi connectivity index (χ1) is 12.1. The summed E-state index contributed by atoms with van der Waals surface area (Å²) in [7, 11) is 0. The van der Waals surface area contributed by atoms with Gasteiger partial charge in [-0.25, -0.2) is 4.79 Å². The zero-order valence-electron chi connectivity index (χ0n) is 13.8. The molecule has 0 saturated carbocycles. The van der Waals surface area contributed by atoms with E-state index in [-0.39, 0.29) is 19.1 Å². The summed E-state index contributed by atoms with van der Waals surface area (Å²) in [5.74, 6) is -0.664. The third-order valence-electron chi connectivity index (χ3n) is 3.37. The topological polar surface area (TPSA) is 84.9 Å². The van der Waals surface area contributed by atoms with Crippen LogP contribution in [0.4, 0.5) is 0 Å². The maximum atomic E-state index is 11.7. The van der Waals surface area contributed by atoms with Crippen molar-refractivity contribution in [1.82, 2.24) is 5.32 Å². The zero-order valence-corrected chi connectivity index (χ0v) is 13.8. The molecule has 0 radical (unpaired) electrons. The Morgan fingerprint density at radius 1 is 0.920 bits per heavy atom. The van der Waals surface area contributed by atoms with Crippen molar-refractivity contribution in [3.63, 3.8) is 0 Å². The quantitative estimate of drug-likeness (QED) is 0.689. The minimum absolute atomic E-state index is 0.0247. The highest BCUT2D eigenvalue weighted by Gasteiger charge is 2.03. The molecule has 0 aliphatic carbocycles. The maximum Gasteiger partial charge on any atom is 0.341 e. The number of carbonyl (C=O) groups excluding carboxylic acids is 1. The van der Waals surface area contributed by atoms with Crippen LogP contribution in [0.2, 0.25) is 0 Å². The monoisotopic (exact) mass is 343 g/mol. The lowest BCUT2D eigenvalue weighted by atomic mass is 10.1. The van der Waals surface area contributed by atoms with Gasteiger partial charge in [-0.05, 0) is 29.7 Å². The lowest BCUT2D eigenvalue weighted by Gasteiger charge is -2.07. The average molecular weight is 343 g/mol. The number of benzene rings is 2. The van der Waals surface area contributed by atoms with Crippen LogP contribution in [0.25, 0.3) is 0 Å². The second kappa shape index (κ2) is 10.1. The van der Waals surface area contributed by atoms with E-state index in [1.807, 2.05) is 42.5 Å². The fourth-order valence-electron chi connectivity index (χ4n) is 2.13. The van der Waals surface area contributed by atoms with Gasteiger partial charge in [0, 0.05) is 6.54 Å². The number of aliphatic carboxylic acids is 1. The Balaban J connectivity index is 1.61. The number of ether oxygens (including phenoxy) is 2. The first-order valence-corrected chi connectivity index (χ1v) is 7.95. The largest absolute Gasteiger partial charge is 0.482 e. The molecular weight excluding hydrogens is 322 g/mol. The van der Waals surface area contributed by atoms with E-state index in [1.165, 1.54) is 0 Å². The summed E-state index contributed by atoms with van der Waals surface area (Å²) in [6.45, 7) is 0.574. The molecule has 132 valence electrons. The molecule has 0 spiro atoms. The first kappa shape index (κ1) is 18.5. The molecule has 2 rings (SSSR count). The highest BCUT2D eigenvalue weighted by atomic mass is 16.5. The number of hydrogen-bond acceptors (Lipinski definition) is 4. The van der Waals surface area contributed by atoms with Crippen molar-refractivity contribution in [3.05, 3.63) is 65.7 Å². The van der Waals surface area contributed by atoms with Crippen LogP contribution < -0.4 is 10.1 Å². The Morgan fingerprint density at radius 3 is 2.32 bits per heavy atom. The second-order valence-corrected chi connectivity index (χ2v) is 5.40. The van der Waals surface area contributed by atoms with E-state index in [1.54, 1.807) is 12.1 Å². The molecule has 25 heavy (non-hydrogen) atoms. The van der Waals surface area contributed by atoms with Crippen LogP contribution in [0.15, 0.2) is 54.6 Å². The van der Waals surface area contributed by atoms with Crippen molar-refractivity contribution in [2.45, 2.75) is 13.0 Å². The highest BCUT2D eigenvalue weighted by molar-refractivity contribution is 5.77. The summed E-state index contributed by atoms with van der Waals surface area (Å²) in [6, 6.07) is 16.8. The summed E-state index contributed by atoms with van der Waals surface area (Å²) in [5, 5.41) is 11.3. The fourth-order valence-corrected chi connectivity index (χ4v) is 2.13. The van der Waals surface area contributed by atoms with Gasteiger partial charge >= 0.3 is 5.97 Å². The number of nitrogens with one attached hydrogen (secondary N) is 1. The fraction of sp³-hybridized carbons (Fsp3) is 0.263. The van der Waals surface area contributed by atoms with Gasteiger partial charge in [-0.1, -0.05) is 42.5 Å². The van der Waals surface area contributed by atoms with E-state index in [0.717, 1.165) is 11.1 Å². The zero-order chi connectivity index (χ0) is 17.9. The van der Waals surface area contributed by atoms with Gasteiger partial charge in [0.25, 0.3) is 0 Å². The summed E-state index contributed by atoms with van der Waals surface area (Å²) in [5.41, 5.74) is 2.05. The smallest absolute Gasteiger partial charge is 0.341 e. The normalized spacial score (nSPS) is 10.2. The third-order valence-corrected chi connectivity index (χ3v) is 3.37. The van der Waals surface area contributed by atoms with Gasteiger partial charge in [0.2, 0.25) is 5.91 Å². The van der Waals surface area contributed by atoms with Crippen molar-refractivity contribution in [3.8, 4) is 5.75 Å². The Bertz CT molecular complexity index is 670. The molecule has 0 bridgehead atoms. The van der Waals surface area contributed by atoms with Crippen molar-refractivity contribution < 1.29 is 24.2 Å². The minimum Gasteiger partial charge on any atom is -0.482 e. The van der Waals surface area contributed by atoms with Crippen LogP contribution in [0.3, 0.4) is 0 Å². The van der Waals surface area contributed by atoms with Crippen molar-refractivity contribution in [2.24, 2.45) is 0 Å². The number of rotatable bonds is 10. The highest BCUT2D eigenvalue weighted by Crippen LogP contribution is 2.12. The summed E-state index contributed by atoms with van der Waals surface area (Å²) in [6.07, 6.45) is 0.670. The van der Waals surface area contributed by atoms with Crippen LogP contribution in [0.1, 0.15) is 11.1 Å². The standard InChI is InChI=1S/C19H21NO5/c21-18(13-24-12-16-4-2-1-3-5-16)20-11-10-15-6-8-17(9-7-15)25-14-19(22)23/h1-9H,10-14H2,(H,20,21)(H,22,23). The van der Waals surface area contributed by atoms with E-state index in [4.69, 9.17) is 14.6 Å². The van der Waals surface area contributed by atoms with E-state index in [9.17, 15) is 9.59 Å². The summed E-state index contributed by atoms with van der Waals surface area (Å²) in [4.78, 5) is 22.1. The second-order valence-electron chi connectivity index (χ2n) is 5.40. The molecule has 2 aromatic rings. The third kappa shape index (κ3) is 7.50. The van der Waals surface area contributed by atoms with Crippen molar-refractivity contribution >= 4 is 11.9 Å². The van der Waals surface area contributed by atoms with Crippen LogP contribution in [-0.4, -0.2) is 36.7 Å². The Kier molecular flexibility index (Phi) is 7.46. The molecule has 0 aromatic heterocycles. The van der Waals surface area contributed by atoms with Gasteiger partial charge in [-0.15, -0.1) is 0 Å². The lowest BCUT2D eigenvalue weighted by Crippen LogP contribution is -2.29. The number of hydrogen-bond donors (Lipinski definition) is 2. The van der Waals surface area contributed by atoms with Gasteiger partial charge < -0.3 is 19.9 Å². The van der Waals surface area contributed by atoms with Crippen LogP contribution >= 0.6 is 0 Å². The Hall–Kier alpha value is -2.86. The summed E-state index contributed by atoms with van der Waals surface area (Å²) < 4.78 is 10.4. The molecule has 0 aliphatic heterocycles. The van der Waals surface area contributed by atoms with Crippen LogP contribution in [-0.2, 0) is 27.4 Å². The van der Waals surface area contributed by atoms with Crippen molar-refractivity contribution in [1.29, 1.82) is 0 Å². The molecule has 0 aliphatic rings. The predicted molar refractivity (Wildman–Crippen MR) is 92.4 cm³/mol. The van der Waals surface area contributed by atoms with E-state index in [2.05, 4.69) is 5.32 Å². The van der Waals surface area contributed by atoms with Crippen LogP contribution in [0.5, 0.6) is 5.75 Å². The van der Waals surface area contributed by atoms with Gasteiger partial charge in [0.05, 0.1) is 6.61 Å². The molecule has 2 aromatic carbocycles. The molecule has 2 N–H and O–H groups in total. The van der Waals surface area contributed by atoms with Gasteiger partial charge in [-0.2, -0.15) is 0 Å². The van der Waals surface area contributed by atoms with Gasteiger partial charge in [-0.3, -0.25) is 4.79 Å². The molecule has 6 nitrogen and oxygen atoms in total. The molecule has 0 fully saturated rings. The van der Waals surface area contributed by atoms with Gasteiger partial charge in [0.15, 0.2) is 6.61 Å². The first-order valence-electron chi connectivity index (χ1n) is 7.95. The minimum atomic E-state index is -1.01. The molecule has 1 amide bonds. The number of carboxylic acids is 1. The van der Waals surface area contributed by atoms with E-state index >= 15 is 0 Å². The molecule has 0 saturated heterocycles. The Morgan fingerprint density at radius 2 is 1.64 bits per heavy atom. The molecule has 6 heteroatoms. The molecule has 0 atom stereocenters. The maximum absolute atomic E-state index is 11.7. The predicted octanol–water partition coefficient (Wildman–Crippen LogP) is 2.03.